The Morgan fingerprint density at radius 2 is 1.90 bits per heavy atom. The van der Waals surface area contributed by atoms with Gasteiger partial charge in [0.15, 0.2) is 5.72 Å². The molecule has 0 bridgehead atoms. The first-order valence-corrected chi connectivity index (χ1v) is 9.84. The molecule has 2 aromatic rings. The zero-order valence-electron chi connectivity index (χ0n) is 17.5. The molecule has 1 aromatic carbocycles. The summed E-state index contributed by atoms with van der Waals surface area (Å²) in [5.74, 6) is 0. The molecule has 5 nitrogen and oxygen atoms in total. The van der Waals surface area contributed by atoms with Crippen molar-refractivity contribution in [2.75, 3.05) is 13.4 Å². The molecule has 3 heterocycles. The van der Waals surface area contributed by atoms with E-state index in [1.165, 1.54) is 5.56 Å². The number of pyridine rings is 1. The van der Waals surface area contributed by atoms with Crippen LogP contribution in [0.4, 0.5) is 0 Å². The predicted octanol–water partition coefficient (Wildman–Crippen LogP) is 4.33. The van der Waals surface area contributed by atoms with E-state index in [-0.39, 0.29) is 24.0 Å². The number of hydrogen-bond donors (Lipinski definition) is 1. The van der Waals surface area contributed by atoms with Crippen LogP contribution in [0, 0.1) is 12.3 Å². The molecule has 1 saturated heterocycles. The molecular formula is C23H30ClN3O2. The largest absolute Gasteiger partial charge is 0.362 e. The van der Waals surface area contributed by atoms with E-state index in [0.29, 0.717) is 13.4 Å². The highest BCUT2D eigenvalue weighted by molar-refractivity contribution is 5.85. The molecule has 0 amide bonds. The summed E-state index contributed by atoms with van der Waals surface area (Å²) in [5, 5.41) is 3.70. The number of rotatable bonds is 4. The van der Waals surface area contributed by atoms with Crippen molar-refractivity contribution in [1.29, 1.82) is 0 Å². The first-order valence-electron chi connectivity index (χ1n) is 9.84. The second-order valence-corrected chi connectivity index (χ2v) is 8.75. The number of halogens is 1. The van der Waals surface area contributed by atoms with Gasteiger partial charge in [0, 0.05) is 23.7 Å². The smallest absolute Gasteiger partial charge is 0.172 e. The second-order valence-electron chi connectivity index (χ2n) is 8.75. The Labute approximate surface area is 179 Å². The van der Waals surface area contributed by atoms with Gasteiger partial charge in [-0.2, -0.15) is 0 Å². The van der Waals surface area contributed by atoms with Crippen LogP contribution in [0.5, 0.6) is 0 Å². The Balaban J connectivity index is 0.00000240. The summed E-state index contributed by atoms with van der Waals surface area (Å²) in [4.78, 5) is 7.02. The fourth-order valence-electron chi connectivity index (χ4n) is 3.94. The lowest BCUT2D eigenvalue weighted by atomic mass is 9.89. The maximum absolute atomic E-state index is 6.26. The summed E-state index contributed by atoms with van der Waals surface area (Å²) < 4.78 is 12.0. The van der Waals surface area contributed by atoms with Crippen LogP contribution in [0.15, 0.2) is 54.7 Å². The molecule has 0 saturated carbocycles. The van der Waals surface area contributed by atoms with Gasteiger partial charge < -0.3 is 19.7 Å². The third kappa shape index (κ3) is 4.42. The standard InChI is InChI=1S/C23H29N3O2.ClH/c1-17-9-8-12-19(24-17)20-14-26(21(25-20)22(2,3)4)23(15-27-16-28-23)13-18-10-6-5-7-11-18;/h5-12,14,21,25H,13,15-16H2,1-4H3;1H. The fraction of sp³-hybridized carbons (Fsp3) is 0.435. The van der Waals surface area contributed by atoms with Crippen LogP contribution in [-0.2, 0) is 15.9 Å². The summed E-state index contributed by atoms with van der Waals surface area (Å²) in [5.41, 5.74) is 3.65. The summed E-state index contributed by atoms with van der Waals surface area (Å²) in [6.45, 7) is 9.58. The Hall–Kier alpha value is -2.08. The third-order valence-corrected chi connectivity index (χ3v) is 5.36. The van der Waals surface area contributed by atoms with Gasteiger partial charge in [0.1, 0.15) is 13.0 Å². The Morgan fingerprint density at radius 1 is 1.14 bits per heavy atom. The van der Waals surface area contributed by atoms with Crippen molar-refractivity contribution in [2.24, 2.45) is 5.41 Å². The average Bonchev–Trinajstić information content (AvgIpc) is 3.30. The van der Waals surface area contributed by atoms with Gasteiger partial charge in [0.2, 0.25) is 0 Å². The molecule has 0 radical (unpaired) electrons. The maximum Gasteiger partial charge on any atom is 0.172 e. The van der Waals surface area contributed by atoms with E-state index < -0.39 is 5.72 Å². The Morgan fingerprint density at radius 3 is 2.52 bits per heavy atom. The van der Waals surface area contributed by atoms with Gasteiger partial charge in [0.25, 0.3) is 0 Å². The summed E-state index contributed by atoms with van der Waals surface area (Å²) >= 11 is 0. The monoisotopic (exact) mass is 415 g/mol. The minimum absolute atomic E-state index is 0. The van der Waals surface area contributed by atoms with Crippen LogP contribution in [-0.4, -0.2) is 35.2 Å². The first-order chi connectivity index (χ1) is 13.4. The van der Waals surface area contributed by atoms with Gasteiger partial charge in [-0.25, -0.2) is 0 Å². The highest BCUT2D eigenvalue weighted by Gasteiger charge is 2.49. The molecule has 2 unspecified atom stereocenters. The van der Waals surface area contributed by atoms with Crippen molar-refractivity contribution >= 4 is 18.1 Å². The summed E-state index contributed by atoms with van der Waals surface area (Å²) in [6, 6.07) is 16.6. The van der Waals surface area contributed by atoms with E-state index in [0.717, 1.165) is 23.5 Å². The number of aryl methyl sites for hydroxylation is 1. The van der Waals surface area contributed by atoms with E-state index in [4.69, 9.17) is 14.5 Å². The van der Waals surface area contributed by atoms with E-state index >= 15 is 0 Å². The molecule has 2 aliphatic heterocycles. The average molecular weight is 416 g/mol. The van der Waals surface area contributed by atoms with Crippen LogP contribution >= 0.6 is 12.4 Å². The minimum Gasteiger partial charge on any atom is -0.362 e. The molecule has 0 aliphatic carbocycles. The number of benzene rings is 1. The summed E-state index contributed by atoms with van der Waals surface area (Å²) in [6.07, 6.45) is 2.98. The molecule has 2 aliphatic rings. The van der Waals surface area contributed by atoms with Crippen molar-refractivity contribution < 1.29 is 9.47 Å². The van der Waals surface area contributed by atoms with Gasteiger partial charge in [-0.15, -0.1) is 12.4 Å². The highest BCUT2D eigenvalue weighted by Crippen LogP contribution is 2.39. The van der Waals surface area contributed by atoms with Gasteiger partial charge in [0.05, 0.1) is 18.0 Å². The van der Waals surface area contributed by atoms with Crippen LogP contribution in [0.3, 0.4) is 0 Å². The normalized spacial score (nSPS) is 24.1. The Kier molecular flexibility index (Phi) is 6.22. The quantitative estimate of drug-likeness (QED) is 0.805. The highest BCUT2D eigenvalue weighted by atomic mass is 35.5. The van der Waals surface area contributed by atoms with Crippen LogP contribution in [0.25, 0.3) is 5.70 Å². The molecule has 4 rings (SSSR count). The zero-order chi connectivity index (χ0) is 19.8. The van der Waals surface area contributed by atoms with Crippen molar-refractivity contribution in [3.05, 3.63) is 71.7 Å². The molecule has 1 N–H and O–H groups in total. The van der Waals surface area contributed by atoms with Crippen molar-refractivity contribution in [2.45, 2.75) is 46.0 Å². The second kappa shape index (κ2) is 8.34. The van der Waals surface area contributed by atoms with Crippen molar-refractivity contribution in [1.82, 2.24) is 15.2 Å². The van der Waals surface area contributed by atoms with Crippen LogP contribution in [0.2, 0.25) is 0 Å². The first kappa shape index (κ1) is 21.6. The third-order valence-electron chi connectivity index (χ3n) is 5.36. The van der Waals surface area contributed by atoms with Gasteiger partial charge in [-0.3, -0.25) is 4.98 Å². The lowest BCUT2D eigenvalue weighted by Gasteiger charge is -2.45. The van der Waals surface area contributed by atoms with Gasteiger partial charge >= 0.3 is 0 Å². The van der Waals surface area contributed by atoms with Crippen LogP contribution < -0.4 is 5.32 Å². The lowest BCUT2D eigenvalue weighted by molar-refractivity contribution is -0.123. The Bertz CT molecular complexity index is 858. The fourth-order valence-corrected chi connectivity index (χ4v) is 3.94. The van der Waals surface area contributed by atoms with E-state index in [9.17, 15) is 0 Å². The molecule has 2 atom stereocenters. The van der Waals surface area contributed by atoms with Crippen molar-refractivity contribution in [3.63, 3.8) is 0 Å². The number of hydrogen-bond acceptors (Lipinski definition) is 5. The number of nitrogens with one attached hydrogen (secondary N) is 1. The van der Waals surface area contributed by atoms with E-state index in [1.807, 2.05) is 31.2 Å². The lowest BCUT2D eigenvalue weighted by Crippen LogP contribution is -2.59. The zero-order valence-corrected chi connectivity index (χ0v) is 18.3. The molecule has 1 fully saturated rings. The number of aromatic nitrogens is 1. The molecule has 29 heavy (non-hydrogen) atoms. The number of ether oxygens (including phenoxy) is 2. The molecular weight excluding hydrogens is 386 g/mol. The molecule has 156 valence electrons. The predicted molar refractivity (Wildman–Crippen MR) is 117 cm³/mol. The van der Waals surface area contributed by atoms with Crippen molar-refractivity contribution in [3.8, 4) is 0 Å². The minimum atomic E-state index is -0.544. The molecule has 1 aromatic heterocycles. The topological polar surface area (TPSA) is 46.6 Å². The molecule has 0 spiro atoms. The summed E-state index contributed by atoms with van der Waals surface area (Å²) in [7, 11) is 0. The van der Waals surface area contributed by atoms with Crippen LogP contribution in [0.1, 0.15) is 37.7 Å². The molecule has 6 heteroatoms. The maximum atomic E-state index is 6.26. The van der Waals surface area contributed by atoms with Gasteiger partial charge in [-0.1, -0.05) is 57.2 Å². The SMILES string of the molecule is Cc1cccc(C2=CN(C3(Cc4ccccc4)COCO3)C(C(C)(C)C)N2)n1.Cl. The van der Waals surface area contributed by atoms with E-state index in [2.05, 4.69) is 61.5 Å². The van der Waals surface area contributed by atoms with E-state index in [1.54, 1.807) is 0 Å². The number of nitrogens with zero attached hydrogens (tertiary/aromatic N) is 2. The van der Waals surface area contributed by atoms with Gasteiger partial charge in [-0.05, 0) is 24.6 Å².